The van der Waals surface area contributed by atoms with Crippen LogP contribution in [0.3, 0.4) is 0 Å². The molecule has 0 bridgehead atoms. The molecule has 1 unspecified atom stereocenters. The Bertz CT molecular complexity index is 596. The van der Waals surface area contributed by atoms with Crippen LogP contribution >= 0.6 is 0 Å². The maximum atomic E-state index is 11.5. The summed E-state index contributed by atoms with van der Waals surface area (Å²) in [6, 6.07) is 3.53. The van der Waals surface area contributed by atoms with Crippen LogP contribution < -0.4 is 9.64 Å². The lowest BCUT2D eigenvalue weighted by atomic mass is 9.88. The zero-order chi connectivity index (χ0) is 15.9. The number of fused-ring (bicyclic) bond motifs is 1. The molecule has 1 aromatic carbocycles. The highest BCUT2D eigenvalue weighted by molar-refractivity contribution is 5.69. The normalized spacial score (nSPS) is 24.3. The summed E-state index contributed by atoms with van der Waals surface area (Å²) in [6.07, 6.45) is 0.713. The number of nitro benzene ring substituents is 1. The highest BCUT2D eigenvalue weighted by atomic mass is 16.6. The van der Waals surface area contributed by atoms with Crippen molar-refractivity contribution in [1.82, 2.24) is 0 Å². The second-order valence-electron chi connectivity index (χ2n) is 6.55. The van der Waals surface area contributed by atoms with E-state index in [-0.39, 0.29) is 16.2 Å². The van der Waals surface area contributed by atoms with Crippen molar-refractivity contribution in [2.24, 2.45) is 5.92 Å². The molecule has 0 aromatic heterocycles. The van der Waals surface area contributed by atoms with Gasteiger partial charge in [-0.2, -0.15) is 0 Å². The van der Waals surface area contributed by atoms with Gasteiger partial charge in [0.25, 0.3) is 5.69 Å². The molecule has 2 aliphatic rings. The van der Waals surface area contributed by atoms with E-state index >= 15 is 0 Å². The van der Waals surface area contributed by atoms with Crippen LogP contribution in [0.1, 0.15) is 26.3 Å². The van der Waals surface area contributed by atoms with E-state index in [0.717, 1.165) is 11.3 Å². The number of rotatable bonds is 3. The van der Waals surface area contributed by atoms with E-state index in [0.29, 0.717) is 44.3 Å². The third kappa shape index (κ3) is 2.52. The lowest BCUT2D eigenvalue weighted by Gasteiger charge is -2.29. The SMILES string of the molecule is CC(C)C1(C)Cc2cc([N+](=O)[O-])c(N3CCOCC3)cc2O1. The Morgan fingerprint density at radius 3 is 2.59 bits per heavy atom. The van der Waals surface area contributed by atoms with Gasteiger partial charge in [-0.25, -0.2) is 0 Å². The molecule has 0 saturated carbocycles. The predicted octanol–water partition coefficient (Wildman–Crippen LogP) is 2.78. The van der Waals surface area contributed by atoms with E-state index in [1.807, 2.05) is 11.0 Å². The maximum Gasteiger partial charge on any atom is 0.293 e. The average molecular weight is 306 g/mol. The first-order valence-corrected chi connectivity index (χ1v) is 7.74. The number of benzene rings is 1. The van der Waals surface area contributed by atoms with E-state index in [1.165, 1.54) is 0 Å². The largest absolute Gasteiger partial charge is 0.487 e. The number of nitrogens with zero attached hydrogens (tertiary/aromatic N) is 2. The Kier molecular flexibility index (Phi) is 3.72. The average Bonchev–Trinajstić information content (AvgIpc) is 2.83. The van der Waals surface area contributed by atoms with E-state index in [2.05, 4.69) is 20.8 Å². The van der Waals surface area contributed by atoms with E-state index in [1.54, 1.807) is 6.07 Å². The van der Waals surface area contributed by atoms with Crippen molar-refractivity contribution in [1.29, 1.82) is 0 Å². The summed E-state index contributed by atoms with van der Waals surface area (Å²) in [4.78, 5) is 13.2. The minimum atomic E-state index is -0.296. The number of hydrogen-bond acceptors (Lipinski definition) is 5. The zero-order valence-corrected chi connectivity index (χ0v) is 13.3. The van der Waals surface area contributed by atoms with Crippen LogP contribution in [0.5, 0.6) is 5.75 Å². The molecule has 0 radical (unpaired) electrons. The summed E-state index contributed by atoms with van der Waals surface area (Å²) in [5.41, 5.74) is 1.44. The molecule has 1 atom stereocenters. The molecule has 22 heavy (non-hydrogen) atoms. The van der Waals surface area contributed by atoms with Crippen LogP contribution in [0.2, 0.25) is 0 Å². The van der Waals surface area contributed by atoms with Gasteiger partial charge in [-0.1, -0.05) is 13.8 Å². The monoisotopic (exact) mass is 306 g/mol. The zero-order valence-electron chi connectivity index (χ0n) is 13.3. The molecule has 3 rings (SSSR count). The van der Waals surface area contributed by atoms with Crippen molar-refractivity contribution < 1.29 is 14.4 Å². The highest BCUT2D eigenvalue weighted by Gasteiger charge is 2.39. The highest BCUT2D eigenvalue weighted by Crippen LogP contribution is 2.44. The second kappa shape index (κ2) is 5.43. The number of anilines is 1. The number of morpholine rings is 1. The van der Waals surface area contributed by atoms with E-state index in [9.17, 15) is 10.1 Å². The Balaban J connectivity index is 2.00. The van der Waals surface area contributed by atoms with Gasteiger partial charge in [0.1, 0.15) is 17.0 Å². The Morgan fingerprint density at radius 2 is 2.00 bits per heavy atom. The lowest BCUT2D eigenvalue weighted by molar-refractivity contribution is -0.384. The molecule has 0 amide bonds. The Hall–Kier alpha value is -1.82. The third-order valence-corrected chi connectivity index (χ3v) is 4.81. The molecule has 2 aliphatic heterocycles. The fraction of sp³-hybridized carbons (Fsp3) is 0.625. The topological polar surface area (TPSA) is 64.8 Å². The van der Waals surface area contributed by atoms with Gasteiger partial charge in [-0.15, -0.1) is 0 Å². The summed E-state index contributed by atoms with van der Waals surface area (Å²) >= 11 is 0. The number of nitro groups is 1. The standard InChI is InChI=1S/C16H22N2O4/c1-11(2)16(3)10-12-8-14(18(19)20)13(9-15(12)22-16)17-4-6-21-7-5-17/h8-9,11H,4-7,10H2,1-3H3. The molecule has 1 aromatic rings. The molecular weight excluding hydrogens is 284 g/mol. The molecule has 0 aliphatic carbocycles. The number of hydrogen-bond donors (Lipinski definition) is 0. The van der Waals surface area contributed by atoms with Crippen LogP contribution in [0, 0.1) is 16.0 Å². The number of ether oxygens (including phenoxy) is 2. The van der Waals surface area contributed by atoms with Gasteiger partial charge < -0.3 is 14.4 Å². The fourth-order valence-electron chi connectivity index (χ4n) is 3.03. The summed E-state index contributed by atoms with van der Waals surface area (Å²) in [6.45, 7) is 8.82. The van der Waals surface area contributed by atoms with Crippen LogP contribution in [-0.4, -0.2) is 36.8 Å². The minimum absolute atomic E-state index is 0.164. The Labute approximate surface area is 130 Å². The van der Waals surface area contributed by atoms with Crippen molar-refractivity contribution in [2.45, 2.75) is 32.8 Å². The van der Waals surface area contributed by atoms with Gasteiger partial charge >= 0.3 is 0 Å². The van der Waals surface area contributed by atoms with E-state index < -0.39 is 0 Å². The molecular formula is C16H22N2O4. The summed E-state index contributed by atoms with van der Waals surface area (Å²) < 4.78 is 11.5. The molecule has 0 N–H and O–H groups in total. The predicted molar refractivity (Wildman–Crippen MR) is 83.7 cm³/mol. The van der Waals surface area contributed by atoms with E-state index in [4.69, 9.17) is 9.47 Å². The quantitative estimate of drug-likeness (QED) is 0.634. The molecule has 1 fully saturated rings. The first-order chi connectivity index (χ1) is 10.4. The Morgan fingerprint density at radius 1 is 1.32 bits per heavy atom. The van der Waals surface area contributed by atoms with Gasteiger partial charge in [0.05, 0.1) is 18.1 Å². The van der Waals surface area contributed by atoms with Gasteiger partial charge in [0, 0.05) is 37.2 Å². The van der Waals surface area contributed by atoms with Crippen molar-refractivity contribution in [3.05, 3.63) is 27.8 Å². The molecule has 2 heterocycles. The molecule has 6 nitrogen and oxygen atoms in total. The van der Waals surface area contributed by atoms with Gasteiger partial charge in [-0.05, 0) is 12.8 Å². The van der Waals surface area contributed by atoms with Crippen LogP contribution in [0.15, 0.2) is 12.1 Å². The van der Waals surface area contributed by atoms with Crippen molar-refractivity contribution >= 4 is 11.4 Å². The van der Waals surface area contributed by atoms with Crippen molar-refractivity contribution in [2.75, 3.05) is 31.2 Å². The van der Waals surface area contributed by atoms with Crippen molar-refractivity contribution in [3.8, 4) is 5.75 Å². The van der Waals surface area contributed by atoms with Crippen LogP contribution in [0.25, 0.3) is 0 Å². The molecule has 0 spiro atoms. The summed E-state index contributed by atoms with van der Waals surface area (Å²) in [7, 11) is 0. The smallest absolute Gasteiger partial charge is 0.293 e. The molecule has 1 saturated heterocycles. The molecule has 120 valence electrons. The second-order valence-corrected chi connectivity index (χ2v) is 6.55. The van der Waals surface area contributed by atoms with Gasteiger partial charge in [0.2, 0.25) is 0 Å². The minimum Gasteiger partial charge on any atom is -0.487 e. The maximum absolute atomic E-state index is 11.5. The summed E-state index contributed by atoms with van der Waals surface area (Å²) in [5, 5.41) is 11.5. The summed E-state index contributed by atoms with van der Waals surface area (Å²) in [5.74, 6) is 1.12. The first kappa shape index (κ1) is 15.1. The van der Waals surface area contributed by atoms with Gasteiger partial charge in [-0.3, -0.25) is 10.1 Å². The first-order valence-electron chi connectivity index (χ1n) is 7.74. The van der Waals surface area contributed by atoms with Crippen LogP contribution in [-0.2, 0) is 11.2 Å². The molecule has 6 heteroatoms. The van der Waals surface area contributed by atoms with Crippen molar-refractivity contribution in [3.63, 3.8) is 0 Å². The third-order valence-electron chi connectivity index (χ3n) is 4.81. The van der Waals surface area contributed by atoms with Crippen LogP contribution in [0.4, 0.5) is 11.4 Å². The fourth-order valence-corrected chi connectivity index (χ4v) is 3.03. The van der Waals surface area contributed by atoms with Gasteiger partial charge in [0.15, 0.2) is 0 Å². The lowest BCUT2D eigenvalue weighted by Crippen LogP contribution is -2.36.